The Hall–Kier alpha value is -2.03. The van der Waals surface area contributed by atoms with Crippen molar-refractivity contribution < 1.29 is 4.74 Å². The first-order valence-corrected chi connectivity index (χ1v) is 6.14. The van der Waals surface area contributed by atoms with E-state index in [1.807, 2.05) is 31.3 Å². The highest BCUT2D eigenvalue weighted by Crippen LogP contribution is 2.30. The second-order valence-electron chi connectivity index (χ2n) is 4.05. The third-order valence-electron chi connectivity index (χ3n) is 2.76. The average molecular weight is 293 g/mol. The van der Waals surface area contributed by atoms with E-state index in [1.54, 1.807) is 10.9 Å². The van der Waals surface area contributed by atoms with Crippen molar-refractivity contribution in [3.63, 3.8) is 0 Å². The van der Waals surface area contributed by atoms with Crippen LogP contribution in [0.1, 0.15) is 12.5 Å². The van der Waals surface area contributed by atoms with Crippen LogP contribution in [-0.4, -0.2) is 16.4 Å². The number of ether oxygens (including phenoxy) is 1. The van der Waals surface area contributed by atoms with Gasteiger partial charge < -0.3 is 10.5 Å². The Morgan fingerprint density at radius 3 is 2.90 bits per heavy atom. The lowest BCUT2D eigenvalue weighted by molar-refractivity contribution is 0.341. The van der Waals surface area contributed by atoms with Crippen LogP contribution in [0.4, 0.5) is 0 Å². The molecular formula is C14H17ClN4O. The molecule has 6 heteroatoms. The van der Waals surface area contributed by atoms with Crippen molar-refractivity contribution in [2.45, 2.75) is 20.0 Å². The Bertz CT molecular complexity index is 603. The summed E-state index contributed by atoms with van der Waals surface area (Å²) in [6.07, 6.45) is 3.57. The predicted molar refractivity (Wildman–Crippen MR) is 79.6 cm³/mol. The lowest BCUT2D eigenvalue weighted by Gasteiger charge is -2.10. The molecule has 0 bridgehead atoms. The van der Waals surface area contributed by atoms with Gasteiger partial charge in [-0.2, -0.15) is 10.4 Å². The number of benzene rings is 1. The summed E-state index contributed by atoms with van der Waals surface area (Å²) in [6.45, 7) is 3.26. The zero-order valence-corrected chi connectivity index (χ0v) is 12.1. The minimum absolute atomic E-state index is 0. The molecule has 106 valence electrons. The van der Waals surface area contributed by atoms with Crippen LogP contribution in [-0.2, 0) is 13.1 Å². The fourth-order valence-corrected chi connectivity index (χ4v) is 1.87. The molecule has 0 aliphatic heterocycles. The van der Waals surface area contributed by atoms with Crippen molar-refractivity contribution in [1.82, 2.24) is 9.78 Å². The van der Waals surface area contributed by atoms with Gasteiger partial charge in [0.1, 0.15) is 12.3 Å². The van der Waals surface area contributed by atoms with Crippen LogP contribution in [0.15, 0.2) is 30.6 Å². The van der Waals surface area contributed by atoms with Gasteiger partial charge in [0.2, 0.25) is 0 Å². The van der Waals surface area contributed by atoms with E-state index >= 15 is 0 Å². The molecule has 2 aromatic rings. The van der Waals surface area contributed by atoms with E-state index in [4.69, 9.17) is 15.7 Å². The topological polar surface area (TPSA) is 76.9 Å². The first-order valence-electron chi connectivity index (χ1n) is 6.14. The maximum absolute atomic E-state index is 8.67. The Labute approximate surface area is 124 Å². The molecule has 2 N–H and O–H groups in total. The molecule has 1 aromatic carbocycles. The third kappa shape index (κ3) is 3.50. The van der Waals surface area contributed by atoms with Gasteiger partial charge in [0, 0.05) is 23.9 Å². The van der Waals surface area contributed by atoms with E-state index in [1.165, 1.54) is 0 Å². The van der Waals surface area contributed by atoms with Crippen molar-refractivity contribution in [3.8, 4) is 22.9 Å². The van der Waals surface area contributed by atoms with E-state index in [0.717, 1.165) is 22.4 Å². The zero-order chi connectivity index (χ0) is 13.7. The Morgan fingerprint density at radius 1 is 1.45 bits per heavy atom. The van der Waals surface area contributed by atoms with E-state index < -0.39 is 0 Å². The predicted octanol–water partition coefficient (Wildman–Crippen LogP) is 2.35. The van der Waals surface area contributed by atoms with Gasteiger partial charge in [-0.25, -0.2) is 0 Å². The van der Waals surface area contributed by atoms with E-state index in [2.05, 4.69) is 11.2 Å². The number of rotatable bonds is 5. The van der Waals surface area contributed by atoms with Gasteiger partial charge in [-0.3, -0.25) is 4.68 Å². The number of aromatic nitrogens is 2. The number of nitrogens with two attached hydrogens (primary N) is 1. The number of nitriles is 1. The summed E-state index contributed by atoms with van der Waals surface area (Å²) >= 11 is 0. The summed E-state index contributed by atoms with van der Waals surface area (Å²) in [4.78, 5) is 0. The second kappa shape index (κ2) is 7.53. The smallest absolute Gasteiger partial charge is 0.128 e. The molecule has 0 aliphatic carbocycles. The highest BCUT2D eigenvalue weighted by atomic mass is 35.5. The summed E-state index contributed by atoms with van der Waals surface area (Å²) in [7, 11) is 0. The average Bonchev–Trinajstić information content (AvgIpc) is 2.88. The van der Waals surface area contributed by atoms with Crippen LogP contribution in [0.25, 0.3) is 11.1 Å². The first-order chi connectivity index (χ1) is 9.28. The zero-order valence-electron chi connectivity index (χ0n) is 11.2. The summed E-state index contributed by atoms with van der Waals surface area (Å²) in [5, 5.41) is 12.8. The first kappa shape index (κ1) is 16.0. The fourth-order valence-electron chi connectivity index (χ4n) is 1.87. The van der Waals surface area contributed by atoms with E-state index in [-0.39, 0.29) is 19.0 Å². The molecule has 0 atom stereocenters. The third-order valence-corrected chi connectivity index (χ3v) is 2.76. The van der Waals surface area contributed by atoms with Crippen LogP contribution in [0.3, 0.4) is 0 Å². The van der Waals surface area contributed by atoms with Gasteiger partial charge in [0.05, 0.1) is 18.9 Å². The number of halogens is 1. The van der Waals surface area contributed by atoms with Crippen molar-refractivity contribution in [3.05, 3.63) is 36.2 Å². The minimum atomic E-state index is 0. The molecule has 0 aliphatic rings. The Kier molecular flexibility index (Phi) is 6.04. The largest absolute Gasteiger partial charge is 0.493 e. The Balaban J connectivity index is 0.00000200. The monoisotopic (exact) mass is 292 g/mol. The molecule has 0 fully saturated rings. The van der Waals surface area contributed by atoms with Gasteiger partial charge >= 0.3 is 0 Å². The summed E-state index contributed by atoms with van der Waals surface area (Å²) < 4.78 is 7.21. The van der Waals surface area contributed by atoms with Crippen molar-refractivity contribution in [2.75, 3.05) is 6.61 Å². The van der Waals surface area contributed by atoms with E-state index in [0.29, 0.717) is 13.2 Å². The van der Waals surface area contributed by atoms with Crippen LogP contribution in [0.5, 0.6) is 5.75 Å². The highest BCUT2D eigenvalue weighted by Gasteiger charge is 2.09. The number of nitrogens with zero attached hydrogens (tertiary/aromatic N) is 3. The van der Waals surface area contributed by atoms with E-state index in [9.17, 15) is 0 Å². The molecule has 0 saturated carbocycles. The summed E-state index contributed by atoms with van der Waals surface area (Å²) in [5.74, 6) is 0.802. The van der Waals surface area contributed by atoms with Gasteiger partial charge in [-0.1, -0.05) is 6.07 Å². The Morgan fingerprint density at radius 2 is 2.25 bits per heavy atom. The molecule has 0 radical (unpaired) electrons. The molecule has 0 spiro atoms. The van der Waals surface area contributed by atoms with Crippen LogP contribution in [0, 0.1) is 11.3 Å². The lowest BCUT2D eigenvalue weighted by atomic mass is 10.0. The standard InChI is InChI=1S/C14H16N4O.ClH/c1-2-19-14-4-3-11(8-16)7-13(14)12-9-17-18(10-12)6-5-15;/h3-4,7,9-10H,2,6,8,16H2,1H3;1H. The fraction of sp³-hybridized carbons (Fsp3) is 0.286. The number of hydrogen-bond acceptors (Lipinski definition) is 4. The number of hydrogen-bond donors (Lipinski definition) is 1. The molecule has 0 amide bonds. The van der Waals surface area contributed by atoms with Gasteiger partial charge in [-0.05, 0) is 24.6 Å². The molecule has 1 aromatic heterocycles. The maximum Gasteiger partial charge on any atom is 0.128 e. The molecular weight excluding hydrogens is 276 g/mol. The molecule has 0 unspecified atom stereocenters. The van der Waals surface area contributed by atoms with Crippen LogP contribution >= 0.6 is 12.4 Å². The van der Waals surface area contributed by atoms with Crippen LogP contribution < -0.4 is 10.5 Å². The van der Waals surface area contributed by atoms with Crippen LogP contribution in [0.2, 0.25) is 0 Å². The molecule has 20 heavy (non-hydrogen) atoms. The quantitative estimate of drug-likeness (QED) is 0.917. The van der Waals surface area contributed by atoms with Crippen molar-refractivity contribution in [2.24, 2.45) is 5.73 Å². The van der Waals surface area contributed by atoms with Gasteiger partial charge in [0.25, 0.3) is 0 Å². The normalized spacial score (nSPS) is 9.65. The molecule has 2 rings (SSSR count). The van der Waals surface area contributed by atoms with Gasteiger partial charge in [-0.15, -0.1) is 12.4 Å². The molecule has 0 saturated heterocycles. The maximum atomic E-state index is 8.67. The van der Waals surface area contributed by atoms with Crippen molar-refractivity contribution >= 4 is 12.4 Å². The van der Waals surface area contributed by atoms with Gasteiger partial charge in [0.15, 0.2) is 0 Å². The summed E-state index contributed by atoms with van der Waals surface area (Å²) in [5.41, 5.74) is 8.58. The lowest BCUT2D eigenvalue weighted by Crippen LogP contribution is -1.99. The SMILES string of the molecule is CCOc1ccc(CN)cc1-c1cnn(CC#N)c1.Cl. The van der Waals surface area contributed by atoms with Crippen molar-refractivity contribution in [1.29, 1.82) is 5.26 Å². The minimum Gasteiger partial charge on any atom is -0.493 e. The molecule has 5 nitrogen and oxygen atoms in total. The summed E-state index contributed by atoms with van der Waals surface area (Å²) in [6, 6.07) is 7.93. The molecule has 1 heterocycles. The highest BCUT2D eigenvalue weighted by molar-refractivity contribution is 5.85. The second-order valence-corrected chi connectivity index (χ2v) is 4.05.